The molecule has 1 amide bonds. The summed E-state index contributed by atoms with van der Waals surface area (Å²) in [4.78, 5) is 23.0. The number of carbonyl (C=O) groups excluding carboxylic acids is 1. The van der Waals surface area contributed by atoms with Gasteiger partial charge in [-0.3, -0.25) is 9.59 Å². The highest BCUT2D eigenvalue weighted by molar-refractivity contribution is 5.81. The fourth-order valence-corrected chi connectivity index (χ4v) is 2.61. The zero-order valence-electron chi connectivity index (χ0n) is 11.3. The molecule has 0 bridgehead atoms. The summed E-state index contributed by atoms with van der Waals surface area (Å²) in [5.41, 5.74) is 0.826. The van der Waals surface area contributed by atoms with Crippen molar-refractivity contribution in [3.05, 3.63) is 35.6 Å². The average Bonchev–Trinajstić information content (AvgIpc) is 2.89. The van der Waals surface area contributed by atoms with Crippen molar-refractivity contribution in [3.8, 4) is 0 Å². The summed E-state index contributed by atoms with van der Waals surface area (Å²) >= 11 is 0. The molecule has 4 nitrogen and oxygen atoms in total. The van der Waals surface area contributed by atoms with Gasteiger partial charge in [-0.1, -0.05) is 12.1 Å². The number of carboxylic acid groups (broad SMARTS) is 1. The molecule has 1 aromatic carbocycles. The summed E-state index contributed by atoms with van der Waals surface area (Å²) in [5.74, 6) is -1.91. The lowest BCUT2D eigenvalue weighted by Gasteiger charge is -2.17. The number of hydrogen-bond acceptors (Lipinski definition) is 2. The molecule has 3 unspecified atom stereocenters. The maximum atomic E-state index is 12.8. The van der Waals surface area contributed by atoms with Gasteiger partial charge >= 0.3 is 5.97 Å². The Hall–Kier alpha value is -1.91. The molecule has 2 N–H and O–H groups in total. The molecular formula is C15H18FNO3. The summed E-state index contributed by atoms with van der Waals surface area (Å²) in [5, 5.41) is 11.8. The molecule has 1 fully saturated rings. The molecule has 5 heteroatoms. The standard InChI is InChI=1S/C15H18FNO3/c1-9(10-4-6-13(16)7-5-10)17-14(18)11-2-3-12(8-11)15(19)20/h4-7,9,11-12H,2-3,8H2,1H3,(H,17,18)(H,19,20). The Labute approximate surface area is 117 Å². The lowest BCUT2D eigenvalue weighted by Crippen LogP contribution is -2.32. The average molecular weight is 279 g/mol. The Kier molecular flexibility index (Phi) is 4.37. The van der Waals surface area contributed by atoms with Crippen LogP contribution in [0, 0.1) is 17.7 Å². The first-order valence-corrected chi connectivity index (χ1v) is 6.76. The zero-order valence-corrected chi connectivity index (χ0v) is 11.3. The van der Waals surface area contributed by atoms with Crippen molar-refractivity contribution in [2.75, 3.05) is 0 Å². The van der Waals surface area contributed by atoms with Gasteiger partial charge in [-0.2, -0.15) is 0 Å². The fraction of sp³-hybridized carbons (Fsp3) is 0.467. The van der Waals surface area contributed by atoms with Gasteiger partial charge in [0.2, 0.25) is 5.91 Å². The molecule has 1 saturated carbocycles. The van der Waals surface area contributed by atoms with E-state index in [0.29, 0.717) is 19.3 Å². The number of nitrogens with one attached hydrogen (secondary N) is 1. The smallest absolute Gasteiger partial charge is 0.306 e. The van der Waals surface area contributed by atoms with Crippen LogP contribution < -0.4 is 5.32 Å². The highest BCUT2D eigenvalue weighted by Gasteiger charge is 2.34. The lowest BCUT2D eigenvalue weighted by molar-refractivity contribution is -0.141. The van der Waals surface area contributed by atoms with Crippen molar-refractivity contribution in [2.45, 2.75) is 32.2 Å². The van der Waals surface area contributed by atoms with Gasteiger partial charge in [0.1, 0.15) is 5.82 Å². The van der Waals surface area contributed by atoms with Gasteiger partial charge in [0.25, 0.3) is 0 Å². The van der Waals surface area contributed by atoms with Crippen LogP contribution >= 0.6 is 0 Å². The van der Waals surface area contributed by atoms with Gasteiger partial charge in [0, 0.05) is 5.92 Å². The number of halogens is 1. The molecule has 1 aliphatic rings. The van der Waals surface area contributed by atoms with Crippen LogP contribution in [0.15, 0.2) is 24.3 Å². The Morgan fingerprint density at radius 3 is 2.40 bits per heavy atom. The van der Waals surface area contributed by atoms with Crippen molar-refractivity contribution in [1.29, 1.82) is 0 Å². The van der Waals surface area contributed by atoms with E-state index in [2.05, 4.69) is 5.32 Å². The first kappa shape index (κ1) is 14.5. The number of carboxylic acids is 1. The largest absolute Gasteiger partial charge is 0.481 e. The second kappa shape index (κ2) is 6.03. The molecule has 1 aliphatic carbocycles. The second-order valence-corrected chi connectivity index (χ2v) is 5.33. The maximum Gasteiger partial charge on any atom is 0.306 e. The van der Waals surface area contributed by atoms with Crippen molar-refractivity contribution in [2.24, 2.45) is 11.8 Å². The molecule has 3 atom stereocenters. The van der Waals surface area contributed by atoms with Gasteiger partial charge in [-0.25, -0.2) is 4.39 Å². The van der Waals surface area contributed by atoms with Crippen LogP contribution in [-0.2, 0) is 9.59 Å². The number of carbonyl (C=O) groups is 2. The third-order valence-corrected chi connectivity index (χ3v) is 3.88. The summed E-state index contributed by atoms with van der Waals surface area (Å²) in [6.45, 7) is 1.83. The number of hydrogen-bond donors (Lipinski definition) is 2. The number of amides is 1. The zero-order chi connectivity index (χ0) is 14.7. The monoisotopic (exact) mass is 279 g/mol. The predicted molar refractivity (Wildman–Crippen MR) is 71.4 cm³/mol. The van der Waals surface area contributed by atoms with E-state index in [1.54, 1.807) is 12.1 Å². The lowest BCUT2D eigenvalue weighted by atomic mass is 10.0. The fourth-order valence-electron chi connectivity index (χ4n) is 2.61. The molecule has 1 aromatic rings. The van der Waals surface area contributed by atoms with Crippen LogP contribution in [0.3, 0.4) is 0 Å². The van der Waals surface area contributed by atoms with Crippen molar-refractivity contribution in [3.63, 3.8) is 0 Å². The van der Waals surface area contributed by atoms with Gasteiger partial charge in [0.15, 0.2) is 0 Å². The van der Waals surface area contributed by atoms with Crippen molar-refractivity contribution >= 4 is 11.9 Å². The normalized spacial score (nSPS) is 23.3. The minimum Gasteiger partial charge on any atom is -0.481 e. The Bertz CT molecular complexity index is 500. The van der Waals surface area contributed by atoms with Crippen LogP contribution in [0.4, 0.5) is 4.39 Å². The quantitative estimate of drug-likeness (QED) is 0.890. The van der Waals surface area contributed by atoms with Gasteiger partial charge in [-0.15, -0.1) is 0 Å². The van der Waals surface area contributed by atoms with E-state index in [4.69, 9.17) is 5.11 Å². The third-order valence-electron chi connectivity index (χ3n) is 3.88. The Morgan fingerprint density at radius 2 is 1.85 bits per heavy atom. The Morgan fingerprint density at radius 1 is 1.25 bits per heavy atom. The summed E-state index contributed by atoms with van der Waals surface area (Å²) < 4.78 is 12.8. The topological polar surface area (TPSA) is 66.4 Å². The van der Waals surface area contributed by atoms with E-state index < -0.39 is 11.9 Å². The molecule has 20 heavy (non-hydrogen) atoms. The number of rotatable bonds is 4. The minimum atomic E-state index is -0.827. The number of aliphatic carboxylic acids is 1. The second-order valence-electron chi connectivity index (χ2n) is 5.33. The molecule has 0 spiro atoms. The molecule has 108 valence electrons. The molecule has 0 heterocycles. The van der Waals surface area contributed by atoms with E-state index in [9.17, 15) is 14.0 Å². The summed E-state index contributed by atoms with van der Waals surface area (Å²) in [6, 6.07) is 5.76. The SMILES string of the molecule is CC(NC(=O)C1CCC(C(=O)O)C1)c1ccc(F)cc1. The maximum absolute atomic E-state index is 12.8. The molecule has 0 aromatic heterocycles. The van der Waals surface area contributed by atoms with Crippen LogP contribution in [0.2, 0.25) is 0 Å². The first-order valence-electron chi connectivity index (χ1n) is 6.76. The van der Waals surface area contributed by atoms with Gasteiger partial charge in [0.05, 0.1) is 12.0 Å². The molecule has 0 saturated heterocycles. The molecular weight excluding hydrogens is 261 g/mol. The van der Waals surface area contributed by atoms with Gasteiger partial charge in [-0.05, 0) is 43.9 Å². The van der Waals surface area contributed by atoms with Crippen LogP contribution in [0.5, 0.6) is 0 Å². The van der Waals surface area contributed by atoms with Crippen LogP contribution in [0.1, 0.15) is 37.8 Å². The molecule has 0 radical (unpaired) electrons. The van der Waals surface area contributed by atoms with Crippen LogP contribution in [-0.4, -0.2) is 17.0 Å². The third kappa shape index (κ3) is 3.35. The van der Waals surface area contributed by atoms with E-state index in [1.807, 2.05) is 6.92 Å². The summed E-state index contributed by atoms with van der Waals surface area (Å²) in [7, 11) is 0. The van der Waals surface area contributed by atoms with Crippen molar-refractivity contribution < 1.29 is 19.1 Å². The van der Waals surface area contributed by atoms with E-state index in [1.165, 1.54) is 12.1 Å². The van der Waals surface area contributed by atoms with E-state index in [-0.39, 0.29) is 23.7 Å². The molecule has 2 rings (SSSR count). The molecule has 0 aliphatic heterocycles. The van der Waals surface area contributed by atoms with Crippen molar-refractivity contribution in [1.82, 2.24) is 5.32 Å². The van der Waals surface area contributed by atoms with E-state index >= 15 is 0 Å². The van der Waals surface area contributed by atoms with Gasteiger partial charge < -0.3 is 10.4 Å². The number of benzene rings is 1. The highest BCUT2D eigenvalue weighted by Crippen LogP contribution is 2.31. The van der Waals surface area contributed by atoms with Crippen LogP contribution in [0.25, 0.3) is 0 Å². The van der Waals surface area contributed by atoms with E-state index in [0.717, 1.165) is 5.56 Å². The Balaban J connectivity index is 1.91. The minimum absolute atomic E-state index is 0.120. The first-order chi connectivity index (χ1) is 9.47. The summed E-state index contributed by atoms with van der Waals surface area (Å²) in [6.07, 6.45) is 1.56. The predicted octanol–water partition coefficient (Wildman–Crippen LogP) is 2.50. The highest BCUT2D eigenvalue weighted by atomic mass is 19.1.